The number of hydrogen-bond acceptors (Lipinski definition) is 5. The first-order valence-corrected chi connectivity index (χ1v) is 10.4. The van der Waals surface area contributed by atoms with Crippen LogP contribution in [0.2, 0.25) is 0 Å². The van der Waals surface area contributed by atoms with Gasteiger partial charge in [0.25, 0.3) is 10.1 Å². The van der Waals surface area contributed by atoms with Crippen LogP contribution in [0.15, 0.2) is 42.5 Å². The highest BCUT2D eigenvalue weighted by Gasteiger charge is 2.36. The van der Waals surface area contributed by atoms with Gasteiger partial charge in [-0.15, -0.1) is 0 Å². The zero-order valence-corrected chi connectivity index (χ0v) is 16.0. The molecule has 2 atom stereocenters. The topological polar surface area (TPSA) is 61.8 Å². The standard InChI is InChI=1S/C19H28O5S/c1-19(2)22-15-17(18(24-19)16-11-8-6-9-12-16)13-7-4-5-10-14-23-25(3,20)21/h4,6-9,11-12,17-18H,5,10,13-15H2,1-3H3. The molecule has 0 bridgehead atoms. The molecule has 140 valence electrons. The van der Waals surface area contributed by atoms with Crippen LogP contribution in [-0.4, -0.2) is 33.7 Å². The van der Waals surface area contributed by atoms with E-state index >= 15 is 0 Å². The molecular formula is C19H28O5S. The zero-order chi connectivity index (χ0) is 18.3. The molecule has 0 saturated carbocycles. The van der Waals surface area contributed by atoms with E-state index in [0.29, 0.717) is 13.0 Å². The Kier molecular flexibility index (Phi) is 7.19. The van der Waals surface area contributed by atoms with Gasteiger partial charge in [-0.2, -0.15) is 8.42 Å². The molecule has 1 aliphatic heterocycles. The summed E-state index contributed by atoms with van der Waals surface area (Å²) in [6.07, 6.45) is 7.56. The summed E-state index contributed by atoms with van der Waals surface area (Å²) >= 11 is 0. The van der Waals surface area contributed by atoms with Gasteiger partial charge in [-0.05, 0) is 38.7 Å². The second-order valence-electron chi connectivity index (χ2n) is 6.80. The molecule has 5 nitrogen and oxygen atoms in total. The Morgan fingerprint density at radius 1 is 1.24 bits per heavy atom. The third kappa shape index (κ3) is 7.28. The van der Waals surface area contributed by atoms with E-state index in [-0.39, 0.29) is 18.6 Å². The summed E-state index contributed by atoms with van der Waals surface area (Å²) in [6.45, 7) is 4.75. The van der Waals surface area contributed by atoms with Crippen LogP contribution < -0.4 is 0 Å². The highest BCUT2D eigenvalue weighted by atomic mass is 32.2. The number of hydrogen-bond donors (Lipinski definition) is 0. The molecule has 1 saturated heterocycles. The summed E-state index contributed by atoms with van der Waals surface area (Å²) in [7, 11) is -3.34. The van der Waals surface area contributed by atoms with Gasteiger partial charge < -0.3 is 9.47 Å². The van der Waals surface area contributed by atoms with E-state index < -0.39 is 15.9 Å². The quantitative estimate of drug-likeness (QED) is 0.396. The monoisotopic (exact) mass is 368 g/mol. The van der Waals surface area contributed by atoms with Crippen LogP contribution in [0.25, 0.3) is 0 Å². The van der Waals surface area contributed by atoms with Crippen LogP contribution >= 0.6 is 0 Å². The molecular weight excluding hydrogens is 340 g/mol. The maximum absolute atomic E-state index is 10.9. The number of benzene rings is 1. The van der Waals surface area contributed by atoms with Crippen molar-refractivity contribution in [3.63, 3.8) is 0 Å². The van der Waals surface area contributed by atoms with Crippen LogP contribution in [0.1, 0.15) is 44.8 Å². The molecule has 1 heterocycles. The summed E-state index contributed by atoms with van der Waals surface area (Å²) in [5.74, 6) is -0.331. The lowest BCUT2D eigenvalue weighted by Gasteiger charge is -2.41. The van der Waals surface area contributed by atoms with Gasteiger partial charge in [0.15, 0.2) is 5.79 Å². The van der Waals surface area contributed by atoms with Crippen molar-refractivity contribution in [3.8, 4) is 0 Å². The smallest absolute Gasteiger partial charge is 0.264 e. The van der Waals surface area contributed by atoms with E-state index in [1.165, 1.54) is 5.56 Å². The molecule has 0 amide bonds. The molecule has 2 rings (SSSR count). The molecule has 25 heavy (non-hydrogen) atoms. The maximum atomic E-state index is 10.9. The van der Waals surface area contributed by atoms with Crippen LogP contribution in [0, 0.1) is 5.92 Å². The molecule has 0 aromatic heterocycles. The molecule has 1 aromatic carbocycles. The van der Waals surface area contributed by atoms with Gasteiger partial charge in [-0.25, -0.2) is 0 Å². The molecule has 0 N–H and O–H groups in total. The highest BCUT2D eigenvalue weighted by molar-refractivity contribution is 7.85. The molecule has 2 unspecified atom stereocenters. The molecule has 0 spiro atoms. The third-order valence-corrected chi connectivity index (χ3v) is 4.62. The Balaban J connectivity index is 1.85. The SMILES string of the molecule is CC1(C)OCC(CC=CCCCOS(C)(=O)=O)C(c2ccccc2)O1. The molecule has 0 aliphatic carbocycles. The predicted octanol–water partition coefficient (Wildman–Crippen LogP) is 3.83. The van der Waals surface area contributed by atoms with Crippen molar-refractivity contribution in [2.24, 2.45) is 5.92 Å². The van der Waals surface area contributed by atoms with E-state index in [1.807, 2.05) is 32.0 Å². The molecule has 1 aliphatic rings. The lowest BCUT2D eigenvalue weighted by atomic mass is 9.91. The number of allylic oxidation sites excluding steroid dienone is 2. The number of ether oxygens (including phenoxy) is 2. The van der Waals surface area contributed by atoms with Crippen molar-refractivity contribution in [2.75, 3.05) is 19.5 Å². The van der Waals surface area contributed by atoms with Gasteiger partial charge >= 0.3 is 0 Å². The van der Waals surface area contributed by atoms with Crippen molar-refractivity contribution < 1.29 is 22.1 Å². The highest BCUT2D eigenvalue weighted by Crippen LogP contribution is 2.38. The fourth-order valence-corrected chi connectivity index (χ4v) is 3.23. The van der Waals surface area contributed by atoms with E-state index in [0.717, 1.165) is 19.1 Å². The first kappa shape index (κ1) is 20.1. The van der Waals surface area contributed by atoms with Crippen LogP contribution in [-0.2, 0) is 23.8 Å². The lowest BCUT2D eigenvalue weighted by Crippen LogP contribution is -2.41. The number of rotatable bonds is 8. The van der Waals surface area contributed by atoms with Crippen molar-refractivity contribution >= 4 is 10.1 Å². The van der Waals surface area contributed by atoms with E-state index in [9.17, 15) is 8.42 Å². The Labute approximate surface area is 151 Å². The molecule has 1 aromatic rings. The van der Waals surface area contributed by atoms with Gasteiger partial charge in [0.2, 0.25) is 0 Å². The summed E-state index contributed by atoms with van der Waals surface area (Å²) in [5.41, 5.74) is 1.17. The molecule has 1 fully saturated rings. The first-order chi connectivity index (χ1) is 11.8. The first-order valence-electron chi connectivity index (χ1n) is 8.63. The Hall–Kier alpha value is -1.21. The van der Waals surface area contributed by atoms with Gasteiger partial charge in [0.05, 0.1) is 25.6 Å². The largest absolute Gasteiger partial charge is 0.350 e. The average molecular weight is 368 g/mol. The van der Waals surface area contributed by atoms with Crippen molar-refractivity contribution in [2.45, 2.75) is 45.0 Å². The second kappa shape index (κ2) is 8.94. The lowest BCUT2D eigenvalue weighted by molar-refractivity contribution is -0.295. The van der Waals surface area contributed by atoms with Crippen molar-refractivity contribution in [3.05, 3.63) is 48.0 Å². The molecule has 6 heteroatoms. The van der Waals surface area contributed by atoms with Crippen molar-refractivity contribution in [1.82, 2.24) is 0 Å². The van der Waals surface area contributed by atoms with Crippen molar-refractivity contribution in [1.29, 1.82) is 0 Å². The van der Waals surface area contributed by atoms with Gasteiger partial charge in [-0.1, -0.05) is 42.5 Å². The minimum Gasteiger partial charge on any atom is -0.350 e. The van der Waals surface area contributed by atoms with Crippen LogP contribution in [0.5, 0.6) is 0 Å². The van der Waals surface area contributed by atoms with Crippen LogP contribution in [0.3, 0.4) is 0 Å². The fourth-order valence-electron chi connectivity index (χ4n) is 2.81. The average Bonchev–Trinajstić information content (AvgIpc) is 2.54. The Morgan fingerprint density at radius 2 is 1.96 bits per heavy atom. The summed E-state index contributed by atoms with van der Waals surface area (Å²) in [5, 5.41) is 0. The van der Waals surface area contributed by atoms with E-state index in [1.54, 1.807) is 0 Å². The summed E-state index contributed by atoms with van der Waals surface area (Å²) in [4.78, 5) is 0. The Morgan fingerprint density at radius 3 is 2.64 bits per heavy atom. The predicted molar refractivity (Wildman–Crippen MR) is 97.6 cm³/mol. The van der Waals surface area contributed by atoms with Gasteiger partial charge in [-0.3, -0.25) is 4.18 Å². The number of unbranched alkanes of at least 4 members (excludes halogenated alkanes) is 1. The third-order valence-electron chi connectivity index (χ3n) is 4.03. The van der Waals surface area contributed by atoms with Crippen LogP contribution in [0.4, 0.5) is 0 Å². The second-order valence-corrected chi connectivity index (χ2v) is 8.44. The fraction of sp³-hybridized carbons (Fsp3) is 0.579. The Bertz CT molecular complexity index is 652. The zero-order valence-electron chi connectivity index (χ0n) is 15.2. The minimum absolute atomic E-state index is 0.00293. The van der Waals surface area contributed by atoms with E-state index in [2.05, 4.69) is 24.3 Å². The summed E-state index contributed by atoms with van der Waals surface area (Å²) < 4.78 is 38.5. The van der Waals surface area contributed by atoms with Gasteiger partial charge in [0, 0.05) is 5.92 Å². The summed E-state index contributed by atoms with van der Waals surface area (Å²) in [6, 6.07) is 10.2. The van der Waals surface area contributed by atoms with Gasteiger partial charge in [0.1, 0.15) is 0 Å². The van der Waals surface area contributed by atoms with E-state index in [4.69, 9.17) is 13.7 Å². The normalized spacial score (nSPS) is 23.8. The maximum Gasteiger partial charge on any atom is 0.264 e. The molecule has 0 radical (unpaired) electrons. The minimum atomic E-state index is -3.34.